The normalized spacial score (nSPS) is 17.1. The van der Waals surface area contributed by atoms with E-state index in [4.69, 9.17) is 9.31 Å². The van der Waals surface area contributed by atoms with Crippen LogP contribution in [0.4, 0.5) is 0 Å². The smallest absolute Gasteiger partial charge is 0.399 e. The molecule has 1 fully saturated rings. The van der Waals surface area contributed by atoms with Crippen LogP contribution in [-0.2, 0) is 16.4 Å². The van der Waals surface area contributed by atoms with Crippen molar-refractivity contribution < 1.29 is 9.31 Å². The summed E-state index contributed by atoms with van der Waals surface area (Å²) in [5.74, 6) is 0. The van der Waals surface area contributed by atoms with Crippen LogP contribution in [0.2, 0.25) is 0 Å². The van der Waals surface area contributed by atoms with Crippen molar-refractivity contribution in [1.29, 1.82) is 5.26 Å². The van der Waals surface area contributed by atoms with Gasteiger partial charge in [0.15, 0.2) is 0 Å². The van der Waals surface area contributed by atoms with E-state index in [-0.39, 0.29) is 11.2 Å². The van der Waals surface area contributed by atoms with Crippen LogP contribution < -0.4 is 5.46 Å². The minimum atomic E-state index is -0.416. The quantitative estimate of drug-likeness (QED) is 0.469. The van der Waals surface area contributed by atoms with E-state index in [1.54, 1.807) is 15.4 Å². The fraction of sp³-hybridized carbons (Fsp3) is 0.292. The van der Waals surface area contributed by atoms with E-state index < -0.39 is 7.12 Å². The predicted octanol–water partition coefficient (Wildman–Crippen LogP) is 3.57. The SMILES string of the molecule is Cn1cc(-c2cc(-c3ccc(B4OC(C)(C)C(C)(C)O4)cc3)c3c(C#N)cnn3c2)cn1. The monoisotopic (exact) mass is 425 g/mol. The van der Waals surface area contributed by atoms with Crippen molar-refractivity contribution in [2.24, 2.45) is 7.05 Å². The van der Waals surface area contributed by atoms with Crippen molar-refractivity contribution in [3.63, 3.8) is 0 Å². The molecular formula is C24H24BN5O2. The van der Waals surface area contributed by atoms with Crippen molar-refractivity contribution in [2.75, 3.05) is 0 Å². The van der Waals surface area contributed by atoms with Gasteiger partial charge in [0.05, 0.1) is 34.7 Å². The van der Waals surface area contributed by atoms with Gasteiger partial charge >= 0.3 is 7.12 Å². The fourth-order valence-electron chi connectivity index (χ4n) is 3.95. The van der Waals surface area contributed by atoms with Gasteiger partial charge in [-0.3, -0.25) is 4.68 Å². The lowest BCUT2D eigenvalue weighted by Crippen LogP contribution is -2.41. The molecule has 0 bridgehead atoms. The summed E-state index contributed by atoms with van der Waals surface area (Å²) in [6.07, 6.45) is 7.31. The van der Waals surface area contributed by atoms with Gasteiger partial charge in [-0.1, -0.05) is 24.3 Å². The van der Waals surface area contributed by atoms with Crippen LogP contribution in [0.15, 0.2) is 55.1 Å². The summed E-state index contributed by atoms with van der Waals surface area (Å²) in [4.78, 5) is 0. The Kier molecular flexibility index (Phi) is 4.52. The van der Waals surface area contributed by atoms with Crippen LogP contribution in [0, 0.1) is 11.3 Å². The minimum Gasteiger partial charge on any atom is -0.399 e. The van der Waals surface area contributed by atoms with Crippen LogP contribution in [0.1, 0.15) is 33.3 Å². The molecule has 1 saturated heterocycles. The molecule has 32 heavy (non-hydrogen) atoms. The highest BCUT2D eigenvalue weighted by Crippen LogP contribution is 2.37. The van der Waals surface area contributed by atoms with Crippen LogP contribution in [0.5, 0.6) is 0 Å². The average Bonchev–Trinajstić information content (AvgIpc) is 3.43. The molecule has 0 N–H and O–H groups in total. The molecule has 0 amide bonds. The van der Waals surface area contributed by atoms with E-state index in [0.29, 0.717) is 5.56 Å². The van der Waals surface area contributed by atoms with E-state index in [1.807, 2.05) is 77.6 Å². The van der Waals surface area contributed by atoms with Gasteiger partial charge in [-0.05, 0) is 44.8 Å². The Morgan fingerprint density at radius 1 is 0.906 bits per heavy atom. The molecule has 7 nitrogen and oxygen atoms in total. The summed E-state index contributed by atoms with van der Waals surface area (Å²) in [6, 6.07) is 12.5. The van der Waals surface area contributed by atoms with Crippen LogP contribution in [0.3, 0.4) is 0 Å². The van der Waals surface area contributed by atoms with Crippen molar-refractivity contribution in [2.45, 2.75) is 38.9 Å². The Morgan fingerprint density at radius 2 is 1.59 bits per heavy atom. The summed E-state index contributed by atoms with van der Waals surface area (Å²) < 4.78 is 15.9. The summed E-state index contributed by atoms with van der Waals surface area (Å²) in [6.45, 7) is 8.19. The highest BCUT2D eigenvalue weighted by molar-refractivity contribution is 6.62. The lowest BCUT2D eigenvalue weighted by atomic mass is 9.78. The maximum absolute atomic E-state index is 9.62. The van der Waals surface area contributed by atoms with Crippen molar-refractivity contribution in [1.82, 2.24) is 19.4 Å². The molecular weight excluding hydrogens is 401 g/mol. The molecule has 0 saturated carbocycles. The molecule has 8 heteroatoms. The van der Waals surface area contributed by atoms with E-state index >= 15 is 0 Å². The average molecular weight is 425 g/mol. The number of nitrogens with zero attached hydrogens (tertiary/aromatic N) is 5. The molecule has 1 aliphatic rings. The zero-order valence-corrected chi connectivity index (χ0v) is 18.8. The molecule has 4 aromatic rings. The summed E-state index contributed by atoms with van der Waals surface area (Å²) >= 11 is 0. The molecule has 3 aromatic heterocycles. The first-order chi connectivity index (χ1) is 15.2. The Balaban J connectivity index is 1.58. The first-order valence-corrected chi connectivity index (χ1v) is 10.5. The third-order valence-corrected chi connectivity index (χ3v) is 6.52. The topological polar surface area (TPSA) is 77.4 Å². The van der Waals surface area contributed by atoms with Crippen molar-refractivity contribution in [3.05, 3.63) is 60.7 Å². The van der Waals surface area contributed by atoms with E-state index in [2.05, 4.69) is 22.3 Å². The zero-order chi connectivity index (χ0) is 22.7. The van der Waals surface area contributed by atoms with Gasteiger partial charge in [-0.15, -0.1) is 0 Å². The summed E-state index contributed by atoms with van der Waals surface area (Å²) in [7, 11) is 1.47. The van der Waals surface area contributed by atoms with E-state index in [9.17, 15) is 5.26 Å². The predicted molar refractivity (Wildman–Crippen MR) is 123 cm³/mol. The summed E-state index contributed by atoms with van der Waals surface area (Å²) in [5, 5.41) is 18.3. The fourth-order valence-corrected chi connectivity index (χ4v) is 3.95. The van der Waals surface area contributed by atoms with Gasteiger partial charge < -0.3 is 9.31 Å². The van der Waals surface area contributed by atoms with E-state index in [0.717, 1.165) is 33.2 Å². The first kappa shape index (κ1) is 20.5. The number of benzene rings is 1. The van der Waals surface area contributed by atoms with Crippen molar-refractivity contribution in [3.8, 4) is 28.3 Å². The zero-order valence-electron chi connectivity index (χ0n) is 18.8. The van der Waals surface area contributed by atoms with Crippen LogP contribution in [0.25, 0.3) is 27.8 Å². The van der Waals surface area contributed by atoms with Gasteiger partial charge in [-0.25, -0.2) is 4.52 Å². The summed E-state index contributed by atoms with van der Waals surface area (Å²) in [5.41, 5.74) is 5.37. The molecule has 160 valence electrons. The van der Waals surface area contributed by atoms with E-state index in [1.165, 1.54) is 0 Å². The molecule has 1 aromatic carbocycles. The number of fused-ring (bicyclic) bond motifs is 1. The number of nitriles is 1. The number of aryl methyl sites for hydroxylation is 1. The highest BCUT2D eigenvalue weighted by atomic mass is 16.7. The number of hydrogen-bond acceptors (Lipinski definition) is 5. The Labute approximate surface area is 187 Å². The molecule has 0 unspecified atom stereocenters. The minimum absolute atomic E-state index is 0.389. The molecule has 0 spiro atoms. The van der Waals surface area contributed by atoms with Gasteiger partial charge in [0, 0.05) is 36.1 Å². The second-order valence-corrected chi connectivity index (χ2v) is 9.22. The lowest BCUT2D eigenvalue weighted by Gasteiger charge is -2.32. The van der Waals surface area contributed by atoms with Gasteiger partial charge in [-0.2, -0.15) is 15.5 Å². The number of pyridine rings is 1. The largest absolute Gasteiger partial charge is 0.494 e. The Morgan fingerprint density at radius 3 is 2.19 bits per heavy atom. The number of rotatable bonds is 3. The van der Waals surface area contributed by atoms with Gasteiger partial charge in [0.2, 0.25) is 0 Å². The second-order valence-electron chi connectivity index (χ2n) is 9.22. The molecule has 4 heterocycles. The third kappa shape index (κ3) is 3.22. The van der Waals surface area contributed by atoms with Crippen LogP contribution in [-0.4, -0.2) is 37.7 Å². The maximum Gasteiger partial charge on any atom is 0.494 e. The second kappa shape index (κ2) is 7.06. The Hall–Kier alpha value is -3.41. The molecule has 0 atom stereocenters. The highest BCUT2D eigenvalue weighted by Gasteiger charge is 2.51. The van der Waals surface area contributed by atoms with Crippen molar-refractivity contribution >= 4 is 18.1 Å². The van der Waals surface area contributed by atoms with Crippen LogP contribution >= 0.6 is 0 Å². The van der Waals surface area contributed by atoms with Gasteiger partial charge in [0.25, 0.3) is 0 Å². The molecule has 0 aliphatic carbocycles. The first-order valence-electron chi connectivity index (χ1n) is 10.5. The Bertz CT molecular complexity index is 1350. The molecule has 1 aliphatic heterocycles. The lowest BCUT2D eigenvalue weighted by molar-refractivity contribution is 0.00578. The molecule has 5 rings (SSSR count). The standard InChI is InChI=1S/C24H24BN5O2/c1-23(2)24(3,4)32-25(31-23)20-8-6-16(7-9-20)21-10-17(19-13-27-29(5)14-19)15-30-22(21)18(11-26)12-28-30/h6-10,12-15H,1-5H3. The molecule has 0 radical (unpaired) electrons. The maximum atomic E-state index is 9.62. The number of hydrogen-bond donors (Lipinski definition) is 0. The van der Waals surface area contributed by atoms with Gasteiger partial charge in [0.1, 0.15) is 6.07 Å². The third-order valence-electron chi connectivity index (χ3n) is 6.52. The number of aromatic nitrogens is 4.